The fourth-order valence-electron chi connectivity index (χ4n) is 1.01. The van der Waals surface area contributed by atoms with Crippen LogP contribution in [0, 0.1) is 0 Å². The van der Waals surface area contributed by atoms with E-state index < -0.39 is 18.1 Å². The summed E-state index contributed by atoms with van der Waals surface area (Å²) in [4.78, 5) is 21.6. The lowest BCUT2D eigenvalue weighted by Gasteiger charge is -2.13. The number of rotatable bonds is 4. The molecule has 0 fully saturated rings. The quantitative estimate of drug-likeness (QED) is 0.394. The van der Waals surface area contributed by atoms with Crippen molar-refractivity contribution in [3.05, 3.63) is 11.9 Å². The highest BCUT2D eigenvalue weighted by molar-refractivity contribution is 5.80. The van der Waals surface area contributed by atoms with Crippen LogP contribution in [-0.4, -0.2) is 30.3 Å². The highest BCUT2D eigenvalue weighted by atomic mass is 16.5. The van der Waals surface area contributed by atoms with Gasteiger partial charge in [0.25, 0.3) is 0 Å². The molecule has 0 radical (unpaired) electrons. The zero-order valence-electron chi connectivity index (χ0n) is 8.03. The van der Waals surface area contributed by atoms with E-state index in [4.69, 9.17) is 5.11 Å². The van der Waals surface area contributed by atoms with Gasteiger partial charge in [0, 0.05) is 18.3 Å². The minimum atomic E-state index is -1.13. The molecule has 1 atom stereocenters. The second-order valence-electron chi connectivity index (χ2n) is 2.79. The van der Waals surface area contributed by atoms with E-state index in [0.29, 0.717) is 5.70 Å². The van der Waals surface area contributed by atoms with Gasteiger partial charge in [0.15, 0.2) is 0 Å². The maximum Gasteiger partial charge on any atom is 0.407 e. The zero-order chi connectivity index (χ0) is 11.3. The van der Waals surface area contributed by atoms with Gasteiger partial charge in [0.05, 0.1) is 7.11 Å². The van der Waals surface area contributed by atoms with Crippen molar-refractivity contribution in [3.63, 3.8) is 0 Å². The molecule has 1 rings (SSSR count). The summed E-state index contributed by atoms with van der Waals surface area (Å²) in [7, 11) is 1.17. The van der Waals surface area contributed by atoms with Crippen LogP contribution in [0.15, 0.2) is 11.9 Å². The largest absolute Gasteiger partial charge is 0.480 e. The van der Waals surface area contributed by atoms with Gasteiger partial charge in [-0.2, -0.15) is 5.53 Å². The van der Waals surface area contributed by atoms with E-state index in [2.05, 4.69) is 26.4 Å². The minimum absolute atomic E-state index is 0.129. The normalized spacial score (nSPS) is 15.7. The van der Waals surface area contributed by atoms with Gasteiger partial charge in [-0.05, 0) is 0 Å². The van der Waals surface area contributed by atoms with Crippen molar-refractivity contribution in [2.45, 2.75) is 12.5 Å². The average molecular weight is 216 g/mol. The van der Waals surface area contributed by atoms with Gasteiger partial charge in [0.2, 0.25) is 0 Å². The van der Waals surface area contributed by atoms with E-state index in [0.717, 1.165) is 0 Å². The second-order valence-corrected chi connectivity index (χ2v) is 2.79. The van der Waals surface area contributed by atoms with Crippen molar-refractivity contribution in [1.29, 1.82) is 0 Å². The fourth-order valence-corrected chi connectivity index (χ4v) is 1.01. The Kier molecular flexibility index (Phi) is 3.75. The van der Waals surface area contributed by atoms with Crippen molar-refractivity contribution >= 4 is 12.1 Å². The van der Waals surface area contributed by atoms with Crippen molar-refractivity contribution in [1.82, 2.24) is 21.7 Å². The molecule has 0 bridgehead atoms. The van der Waals surface area contributed by atoms with Gasteiger partial charge in [-0.25, -0.2) is 9.59 Å². The molecule has 0 saturated carbocycles. The highest BCUT2D eigenvalue weighted by Gasteiger charge is 2.22. The molecular formula is C7H12N4O4. The Morgan fingerprint density at radius 1 is 1.67 bits per heavy atom. The molecule has 15 heavy (non-hydrogen) atoms. The lowest BCUT2D eigenvalue weighted by atomic mass is 10.2. The first kappa shape index (κ1) is 11.1. The molecule has 0 aromatic rings. The van der Waals surface area contributed by atoms with E-state index in [-0.39, 0.29) is 6.42 Å². The molecule has 84 valence electrons. The van der Waals surface area contributed by atoms with Crippen LogP contribution < -0.4 is 21.7 Å². The second kappa shape index (κ2) is 5.05. The Hall–Kier alpha value is -1.96. The number of methoxy groups -OCH3 is 1. The molecule has 0 unspecified atom stereocenters. The number of hydrogen-bond acceptors (Lipinski definition) is 6. The highest BCUT2D eigenvalue weighted by Crippen LogP contribution is 2.03. The molecule has 0 aromatic carbocycles. The van der Waals surface area contributed by atoms with Crippen LogP contribution in [0.5, 0.6) is 0 Å². The van der Waals surface area contributed by atoms with Crippen LogP contribution in [0.1, 0.15) is 6.42 Å². The predicted octanol–water partition coefficient (Wildman–Crippen LogP) is -1.36. The van der Waals surface area contributed by atoms with Crippen LogP contribution in [0.4, 0.5) is 4.79 Å². The SMILES string of the molecule is COC(=O)N[C@@H](CC1=CNNN1)C(=O)O. The average Bonchev–Trinajstić information content (AvgIpc) is 2.69. The molecule has 0 aromatic heterocycles. The summed E-state index contributed by atoms with van der Waals surface area (Å²) >= 11 is 0. The Balaban J connectivity index is 2.50. The smallest absolute Gasteiger partial charge is 0.407 e. The number of nitrogens with one attached hydrogen (secondary N) is 4. The van der Waals surface area contributed by atoms with E-state index in [9.17, 15) is 9.59 Å². The topological polar surface area (TPSA) is 112 Å². The molecular weight excluding hydrogens is 204 g/mol. The molecule has 0 spiro atoms. The summed E-state index contributed by atoms with van der Waals surface area (Å²) in [5, 5.41) is 11.0. The molecule has 8 nitrogen and oxygen atoms in total. The molecule has 5 N–H and O–H groups in total. The summed E-state index contributed by atoms with van der Waals surface area (Å²) in [6.45, 7) is 0. The third-order valence-electron chi connectivity index (χ3n) is 1.74. The summed E-state index contributed by atoms with van der Waals surface area (Å²) < 4.78 is 4.31. The number of hydrogen-bond donors (Lipinski definition) is 5. The number of hydrazine groups is 2. The maximum absolute atomic E-state index is 10.8. The standard InChI is InChI=1S/C7H12N4O4/c1-15-7(14)9-5(6(12)13)2-4-3-8-11-10-4/h3,5,8,10-11H,2H2,1H3,(H,9,14)(H,12,13)/t5-/m0/s1. The van der Waals surface area contributed by atoms with Gasteiger partial charge in [-0.3, -0.25) is 0 Å². The van der Waals surface area contributed by atoms with E-state index in [1.165, 1.54) is 7.11 Å². The van der Waals surface area contributed by atoms with Crippen molar-refractivity contribution in [2.24, 2.45) is 0 Å². The monoisotopic (exact) mass is 216 g/mol. The number of carboxylic acid groups (broad SMARTS) is 1. The molecule has 0 aliphatic carbocycles. The van der Waals surface area contributed by atoms with E-state index >= 15 is 0 Å². The van der Waals surface area contributed by atoms with Crippen LogP contribution in [0.2, 0.25) is 0 Å². The van der Waals surface area contributed by atoms with E-state index in [1.807, 2.05) is 0 Å². The van der Waals surface area contributed by atoms with Gasteiger partial charge in [-0.15, -0.1) is 0 Å². The number of amides is 1. The number of carbonyl (C=O) groups is 2. The summed E-state index contributed by atoms with van der Waals surface area (Å²) in [6, 6.07) is -1.03. The van der Waals surface area contributed by atoms with Gasteiger partial charge < -0.3 is 26.0 Å². The first-order chi connectivity index (χ1) is 7.13. The number of carbonyl (C=O) groups excluding carboxylic acids is 1. The predicted molar refractivity (Wildman–Crippen MR) is 49.1 cm³/mol. The van der Waals surface area contributed by atoms with Gasteiger partial charge in [-0.1, -0.05) is 0 Å². The number of aliphatic carboxylic acids is 1. The fraction of sp³-hybridized carbons (Fsp3) is 0.429. The summed E-state index contributed by atoms with van der Waals surface area (Å²) in [5.74, 6) is -1.13. The molecule has 1 heterocycles. The van der Waals surface area contributed by atoms with Crippen molar-refractivity contribution in [2.75, 3.05) is 7.11 Å². The minimum Gasteiger partial charge on any atom is -0.480 e. The molecule has 1 aliphatic heterocycles. The molecule has 1 amide bonds. The summed E-state index contributed by atoms with van der Waals surface area (Å²) in [6.07, 6.45) is 0.918. The maximum atomic E-state index is 10.8. The van der Waals surface area contributed by atoms with Crippen LogP contribution in [0.25, 0.3) is 0 Å². The Labute approximate surface area is 85.6 Å². The third kappa shape index (κ3) is 3.35. The van der Waals surface area contributed by atoms with Crippen LogP contribution >= 0.6 is 0 Å². The van der Waals surface area contributed by atoms with Gasteiger partial charge >= 0.3 is 12.1 Å². The number of alkyl carbamates (subject to hydrolysis) is 1. The third-order valence-corrected chi connectivity index (χ3v) is 1.74. The first-order valence-electron chi connectivity index (χ1n) is 4.16. The molecule has 0 saturated heterocycles. The van der Waals surface area contributed by atoms with Crippen LogP contribution in [0.3, 0.4) is 0 Å². The number of carboxylic acids is 1. The summed E-state index contributed by atoms with van der Waals surface area (Å²) in [5.41, 5.74) is 8.48. The lowest BCUT2D eigenvalue weighted by molar-refractivity contribution is -0.139. The van der Waals surface area contributed by atoms with Crippen LogP contribution in [-0.2, 0) is 9.53 Å². The van der Waals surface area contributed by atoms with Crippen molar-refractivity contribution < 1.29 is 19.4 Å². The zero-order valence-corrected chi connectivity index (χ0v) is 8.03. The van der Waals surface area contributed by atoms with Crippen molar-refractivity contribution in [3.8, 4) is 0 Å². The number of ether oxygens (including phenoxy) is 1. The molecule has 1 aliphatic rings. The Morgan fingerprint density at radius 2 is 2.40 bits per heavy atom. The molecule has 8 heteroatoms. The Morgan fingerprint density at radius 3 is 2.87 bits per heavy atom. The lowest BCUT2D eigenvalue weighted by Crippen LogP contribution is -2.42. The first-order valence-corrected chi connectivity index (χ1v) is 4.16. The van der Waals surface area contributed by atoms with Gasteiger partial charge in [0.1, 0.15) is 6.04 Å². The Bertz CT molecular complexity index is 291. The van der Waals surface area contributed by atoms with E-state index in [1.54, 1.807) is 6.20 Å².